The third-order valence-corrected chi connectivity index (χ3v) is 3.92. The van der Waals surface area contributed by atoms with Crippen molar-refractivity contribution in [3.63, 3.8) is 0 Å². The number of halogens is 1. The molecule has 1 aromatic rings. The molecule has 0 spiro atoms. The van der Waals surface area contributed by atoms with Crippen LogP contribution < -0.4 is 5.32 Å². The van der Waals surface area contributed by atoms with Gasteiger partial charge in [-0.3, -0.25) is 4.21 Å². The Bertz CT molecular complexity index is 400. The first-order chi connectivity index (χ1) is 8.50. The molecule has 0 radical (unpaired) electrons. The van der Waals surface area contributed by atoms with Crippen molar-refractivity contribution in [2.75, 3.05) is 18.6 Å². The van der Waals surface area contributed by atoms with Gasteiger partial charge in [-0.2, -0.15) is 0 Å². The van der Waals surface area contributed by atoms with Crippen LogP contribution in [0.15, 0.2) is 24.3 Å². The van der Waals surface area contributed by atoms with Crippen LogP contribution in [0.2, 0.25) is 5.02 Å². The Kier molecular flexibility index (Phi) is 6.86. The predicted octanol–water partition coefficient (Wildman–Crippen LogP) is 2.12. The molecular formula is C13H20ClNO2S. The molecule has 0 saturated carbocycles. The van der Waals surface area contributed by atoms with Gasteiger partial charge in [-0.05, 0) is 19.4 Å². The quantitative estimate of drug-likeness (QED) is 0.808. The number of benzene rings is 1. The van der Waals surface area contributed by atoms with Crippen molar-refractivity contribution in [3.05, 3.63) is 34.9 Å². The number of rotatable bonds is 7. The van der Waals surface area contributed by atoms with Gasteiger partial charge in [0.15, 0.2) is 0 Å². The van der Waals surface area contributed by atoms with Crippen molar-refractivity contribution < 1.29 is 9.32 Å². The third kappa shape index (κ3) is 5.48. The Morgan fingerprint density at radius 3 is 2.72 bits per heavy atom. The van der Waals surface area contributed by atoms with E-state index >= 15 is 0 Å². The first-order valence-corrected chi connectivity index (χ1v) is 8.07. The minimum absolute atomic E-state index is 0.228. The molecule has 0 aliphatic carbocycles. The van der Waals surface area contributed by atoms with Crippen molar-refractivity contribution in [1.82, 2.24) is 5.32 Å². The van der Waals surface area contributed by atoms with E-state index in [1.165, 1.54) is 0 Å². The lowest BCUT2D eigenvalue weighted by atomic mass is 10.1. The zero-order valence-electron chi connectivity index (χ0n) is 10.7. The molecule has 0 aliphatic rings. The van der Waals surface area contributed by atoms with Gasteiger partial charge in [0.25, 0.3) is 0 Å². The monoisotopic (exact) mass is 289 g/mol. The highest BCUT2D eigenvalue weighted by Crippen LogP contribution is 2.21. The van der Waals surface area contributed by atoms with Gasteiger partial charge < -0.3 is 10.4 Å². The molecule has 3 nitrogen and oxygen atoms in total. The minimum Gasteiger partial charge on any atom is -0.387 e. The summed E-state index contributed by atoms with van der Waals surface area (Å²) in [6, 6.07) is 7.51. The van der Waals surface area contributed by atoms with Crippen LogP contribution in [0.1, 0.15) is 25.0 Å². The van der Waals surface area contributed by atoms with Gasteiger partial charge in [-0.15, -0.1) is 0 Å². The Morgan fingerprint density at radius 2 is 2.11 bits per heavy atom. The molecule has 0 saturated heterocycles. The fourth-order valence-electron chi connectivity index (χ4n) is 1.61. The molecule has 5 heteroatoms. The summed E-state index contributed by atoms with van der Waals surface area (Å²) in [5, 5.41) is 13.8. The van der Waals surface area contributed by atoms with E-state index in [-0.39, 0.29) is 6.04 Å². The van der Waals surface area contributed by atoms with Gasteiger partial charge >= 0.3 is 0 Å². The molecule has 2 N–H and O–H groups in total. The fourth-order valence-corrected chi connectivity index (χ4v) is 2.56. The van der Waals surface area contributed by atoms with Gasteiger partial charge in [-0.25, -0.2) is 0 Å². The van der Waals surface area contributed by atoms with E-state index in [0.29, 0.717) is 17.3 Å². The second kappa shape index (κ2) is 7.89. The predicted molar refractivity (Wildman–Crippen MR) is 77.4 cm³/mol. The summed E-state index contributed by atoms with van der Waals surface area (Å²) in [4.78, 5) is 0. The van der Waals surface area contributed by atoms with E-state index in [9.17, 15) is 9.32 Å². The summed E-state index contributed by atoms with van der Waals surface area (Å²) in [6.07, 6.45) is 1.91. The van der Waals surface area contributed by atoms with Crippen molar-refractivity contribution in [2.45, 2.75) is 25.5 Å². The minimum atomic E-state index is -0.764. The van der Waals surface area contributed by atoms with Gasteiger partial charge in [0.05, 0.1) is 6.10 Å². The lowest BCUT2D eigenvalue weighted by molar-refractivity contribution is 0.170. The van der Waals surface area contributed by atoms with E-state index in [4.69, 9.17) is 11.6 Å². The molecule has 0 fully saturated rings. The van der Waals surface area contributed by atoms with Crippen molar-refractivity contribution >= 4 is 22.4 Å². The molecule has 0 aliphatic heterocycles. The molecule has 1 rings (SSSR count). The van der Waals surface area contributed by atoms with E-state index < -0.39 is 16.9 Å². The van der Waals surface area contributed by atoms with Crippen LogP contribution in [-0.4, -0.2) is 33.9 Å². The zero-order valence-corrected chi connectivity index (χ0v) is 12.3. The summed E-state index contributed by atoms with van der Waals surface area (Å²) >= 11 is 6.01. The summed E-state index contributed by atoms with van der Waals surface area (Å²) in [5.74, 6) is 0.677. The maximum atomic E-state index is 11.0. The van der Waals surface area contributed by atoms with E-state index in [0.717, 1.165) is 12.0 Å². The van der Waals surface area contributed by atoms with Crippen molar-refractivity contribution in [2.24, 2.45) is 0 Å². The summed E-state index contributed by atoms with van der Waals surface area (Å²) < 4.78 is 11.0. The number of nitrogens with one attached hydrogen (secondary N) is 1. The molecule has 0 heterocycles. The van der Waals surface area contributed by atoms with Crippen LogP contribution in [0.5, 0.6) is 0 Å². The van der Waals surface area contributed by atoms with E-state index in [2.05, 4.69) is 5.32 Å². The van der Waals surface area contributed by atoms with Crippen LogP contribution in [-0.2, 0) is 10.8 Å². The number of aliphatic hydroxyl groups excluding tert-OH is 1. The number of hydrogen-bond donors (Lipinski definition) is 2. The van der Waals surface area contributed by atoms with Gasteiger partial charge in [0, 0.05) is 46.0 Å². The molecule has 3 atom stereocenters. The first kappa shape index (κ1) is 15.6. The van der Waals surface area contributed by atoms with Crippen LogP contribution >= 0.6 is 11.6 Å². The molecule has 0 aromatic heterocycles. The average molecular weight is 290 g/mol. The van der Waals surface area contributed by atoms with Crippen LogP contribution in [0.3, 0.4) is 0 Å². The number of hydrogen-bond acceptors (Lipinski definition) is 3. The van der Waals surface area contributed by atoms with Gasteiger partial charge in [0.1, 0.15) is 0 Å². The van der Waals surface area contributed by atoms with Crippen LogP contribution in [0.4, 0.5) is 0 Å². The number of aliphatic hydroxyl groups is 1. The molecule has 0 bridgehead atoms. The molecular weight excluding hydrogens is 270 g/mol. The molecule has 3 unspecified atom stereocenters. The summed E-state index contributed by atoms with van der Waals surface area (Å²) in [7, 11) is -0.764. The molecule has 1 aromatic carbocycles. The lowest BCUT2D eigenvalue weighted by Crippen LogP contribution is -2.31. The molecule has 18 heavy (non-hydrogen) atoms. The molecule has 0 amide bonds. The topological polar surface area (TPSA) is 49.3 Å². The molecule has 102 valence electrons. The van der Waals surface area contributed by atoms with Crippen molar-refractivity contribution in [3.8, 4) is 0 Å². The second-order valence-corrected chi connectivity index (χ2v) is 6.37. The SMILES string of the molecule is CC(CCS(C)=O)NCC(O)c1ccccc1Cl. The second-order valence-electron chi connectivity index (χ2n) is 4.41. The Hall–Kier alpha value is -0.420. The maximum absolute atomic E-state index is 11.0. The highest BCUT2D eigenvalue weighted by Gasteiger charge is 2.12. The van der Waals surface area contributed by atoms with Crippen LogP contribution in [0.25, 0.3) is 0 Å². The Morgan fingerprint density at radius 1 is 1.44 bits per heavy atom. The van der Waals surface area contributed by atoms with Gasteiger partial charge in [0.2, 0.25) is 0 Å². The summed E-state index contributed by atoms with van der Waals surface area (Å²) in [5.41, 5.74) is 0.734. The van der Waals surface area contributed by atoms with Gasteiger partial charge in [-0.1, -0.05) is 29.8 Å². The normalized spacial score (nSPS) is 16.2. The van der Waals surface area contributed by atoms with Crippen LogP contribution in [0, 0.1) is 0 Å². The van der Waals surface area contributed by atoms with E-state index in [1.807, 2.05) is 25.1 Å². The Balaban J connectivity index is 2.39. The largest absolute Gasteiger partial charge is 0.387 e. The maximum Gasteiger partial charge on any atom is 0.0928 e. The third-order valence-electron chi connectivity index (χ3n) is 2.76. The van der Waals surface area contributed by atoms with Crippen molar-refractivity contribution in [1.29, 1.82) is 0 Å². The highest BCUT2D eigenvalue weighted by molar-refractivity contribution is 7.84. The van der Waals surface area contributed by atoms with E-state index in [1.54, 1.807) is 12.3 Å². The lowest BCUT2D eigenvalue weighted by Gasteiger charge is -2.17. The smallest absolute Gasteiger partial charge is 0.0928 e. The standard InChI is InChI=1S/C13H20ClNO2S/c1-10(7-8-18(2)17)15-9-13(16)11-5-3-4-6-12(11)14/h3-6,10,13,15-16H,7-9H2,1-2H3. The highest BCUT2D eigenvalue weighted by atomic mass is 35.5. The first-order valence-electron chi connectivity index (χ1n) is 5.96. The average Bonchev–Trinajstić information content (AvgIpc) is 2.34. The zero-order chi connectivity index (χ0) is 13.5. The summed E-state index contributed by atoms with van der Waals surface area (Å²) in [6.45, 7) is 2.47. The fraction of sp³-hybridized carbons (Fsp3) is 0.538. The Labute approximate surface area is 116 Å².